The largest absolute Gasteiger partial charge is 0.496 e. The number of aryl methyl sites for hydroxylation is 1. The van der Waals surface area contributed by atoms with Crippen LogP contribution in [0.15, 0.2) is 6.07 Å². The van der Waals surface area contributed by atoms with Crippen molar-refractivity contribution in [3.8, 4) is 5.75 Å². The van der Waals surface area contributed by atoms with Gasteiger partial charge in [-0.3, -0.25) is 0 Å². The molecule has 0 heterocycles. The van der Waals surface area contributed by atoms with Crippen molar-refractivity contribution in [2.75, 3.05) is 7.11 Å². The molecular formula is C15H25NO. The molecule has 1 aromatic carbocycles. The molecule has 17 heavy (non-hydrogen) atoms. The van der Waals surface area contributed by atoms with Crippen molar-refractivity contribution < 1.29 is 4.74 Å². The van der Waals surface area contributed by atoms with E-state index in [0.29, 0.717) is 5.92 Å². The predicted molar refractivity (Wildman–Crippen MR) is 73.6 cm³/mol. The Morgan fingerprint density at radius 1 is 1.18 bits per heavy atom. The van der Waals surface area contributed by atoms with Crippen LogP contribution in [-0.2, 0) is 0 Å². The summed E-state index contributed by atoms with van der Waals surface area (Å²) >= 11 is 0. The predicted octanol–water partition coefficient (Wildman–Crippen LogP) is 3.67. The molecule has 0 aliphatic heterocycles. The highest BCUT2D eigenvalue weighted by Gasteiger charge is 2.16. The third-order valence-corrected chi connectivity index (χ3v) is 3.40. The lowest BCUT2D eigenvalue weighted by Crippen LogP contribution is -2.15. The highest BCUT2D eigenvalue weighted by molar-refractivity contribution is 5.49. The lowest BCUT2D eigenvalue weighted by molar-refractivity contribution is 0.407. The summed E-state index contributed by atoms with van der Waals surface area (Å²) in [5, 5.41) is 0. The summed E-state index contributed by atoms with van der Waals surface area (Å²) in [6.45, 7) is 10.7. The number of rotatable bonds is 4. The summed E-state index contributed by atoms with van der Waals surface area (Å²) in [5.41, 5.74) is 11.2. The zero-order valence-electron chi connectivity index (χ0n) is 11.9. The van der Waals surface area contributed by atoms with E-state index in [2.05, 4.69) is 40.7 Å². The van der Waals surface area contributed by atoms with Crippen LogP contribution in [-0.4, -0.2) is 7.11 Å². The van der Waals surface area contributed by atoms with E-state index in [1.807, 2.05) is 0 Å². The van der Waals surface area contributed by atoms with E-state index in [1.54, 1.807) is 7.11 Å². The molecule has 0 aromatic heterocycles. The minimum Gasteiger partial charge on any atom is -0.496 e. The standard InChI is InChI=1S/C15H25NO/c1-9(2)7-14(16)13-8-10(3)15(17-6)12(5)11(13)4/h8-9,14H,7,16H2,1-6H3. The highest BCUT2D eigenvalue weighted by atomic mass is 16.5. The van der Waals surface area contributed by atoms with Crippen LogP contribution in [0.4, 0.5) is 0 Å². The molecule has 0 fully saturated rings. The Kier molecular flexibility index (Phi) is 4.58. The van der Waals surface area contributed by atoms with Crippen LogP contribution in [0.25, 0.3) is 0 Å². The molecule has 0 spiro atoms. The fourth-order valence-electron chi connectivity index (χ4n) is 2.42. The molecule has 96 valence electrons. The van der Waals surface area contributed by atoms with E-state index >= 15 is 0 Å². The lowest BCUT2D eigenvalue weighted by Gasteiger charge is -2.21. The maximum Gasteiger partial charge on any atom is 0.124 e. The first-order valence-corrected chi connectivity index (χ1v) is 6.28. The Bertz CT molecular complexity index is 396. The van der Waals surface area contributed by atoms with Crippen LogP contribution < -0.4 is 10.5 Å². The molecule has 2 heteroatoms. The number of methoxy groups -OCH3 is 1. The minimum absolute atomic E-state index is 0.123. The van der Waals surface area contributed by atoms with Gasteiger partial charge in [-0.2, -0.15) is 0 Å². The van der Waals surface area contributed by atoms with Gasteiger partial charge in [0.25, 0.3) is 0 Å². The Hall–Kier alpha value is -1.02. The topological polar surface area (TPSA) is 35.2 Å². The fourth-order valence-corrected chi connectivity index (χ4v) is 2.42. The van der Waals surface area contributed by atoms with Crippen LogP contribution in [0, 0.1) is 26.7 Å². The van der Waals surface area contributed by atoms with E-state index in [4.69, 9.17) is 10.5 Å². The Balaban J connectivity index is 3.18. The molecular weight excluding hydrogens is 210 g/mol. The summed E-state index contributed by atoms with van der Waals surface area (Å²) in [6.07, 6.45) is 1.02. The van der Waals surface area contributed by atoms with Crippen molar-refractivity contribution in [1.82, 2.24) is 0 Å². The van der Waals surface area contributed by atoms with Crippen molar-refractivity contribution in [3.05, 3.63) is 28.3 Å². The van der Waals surface area contributed by atoms with Crippen molar-refractivity contribution in [1.29, 1.82) is 0 Å². The van der Waals surface area contributed by atoms with Crippen LogP contribution in [0.1, 0.15) is 48.6 Å². The van der Waals surface area contributed by atoms with Gasteiger partial charge in [-0.05, 0) is 55.4 Å². The van der Waals surface area contributed by atoms with Crippen LogP contribution in [0.5, 0.6) is 5.75 Å². The van der Waals surface area contributed by atoms with Gasteiger partial charge in [0.2, 0.25) is 0 Å². The maximum absolute atomic E-state index is 6.29. The van der Waals surface area contributed by atoms with Gasteiger partial charge in [0, 0.05) is 6.04 Å². The summed E-state index contributed by atoms with van der Waals surface area (Å²) in [4.78, 5) is 0. The number of nitrogens with two attached hydrogens (primary N) is 1. The first-order valence-electron chi connectivity index (χ1n) is 6.28. The average molecular weight is 235 g/mol. The molecule has 0 amide bonds. The second-order valence-corrected chi connectivity index (χ2v) is 5.30. The van der Waals surface area contributed by atoms with Crippen molar-refractivity contribution in [2.24, 2.45) is 11.7 Å². The van der Waals surface area contributed by atoms with E-state index in [9.17, 15) is 0 Å². The normalized spacial score (nSPS) is 12.9. The molecule has 1 unspecified atom stereocenters. The third-order valence-electron chi connectivity index (χ3n) is 3.40. The molecule has 1 atom stereocenters. The monoisotopic (exact) mass is 235 g/mol. The first kappa shape index (κ1) is 14.0. The van der Waals surface area contributed by atoms with Gasteiger partial charge in [-0.1, -0.05) is 19.9 Å². The molecule has 0 bridgehead atoms. The van der Waals surface area contributed by atoms with E-state index in [1.165, 1.54) is 22.3 Å². The van der Waals surface area contributed by atoms with Crippen LogP contribution in [0.3, 0.4) is 0 Å². The molecule has 2 N–H and O–H groups in total. The number of benzene rings is 1. The molecule has 2 nitrogen and oxygen atoms in total. The lowest BCUT2D eigenvalue weighted by atomic mass is 9.90. The number of hydrogen-bond acceptors (Lipinski definition) is 2. The Labute approximate surface area is 105 Å². The Morgan fingerprint density at radius 3 is 2.24 bits per heavy atom. The van der Waals surface area contributed by atoms with Gasteiger partial charge >= 0.3 is 0 Å². The fraction of sp³-hybridized carbons (Fsp3) is 0.600. The zero-order valence-corrected chi connectivity index (χ0v) is 11.9. The number of hydrogen-bond donors (Lipinski definition) is 1. The molecule has 1 aromatic rings. The molecule has 1 rings (SSSR count). The van der Waals surface area contributed by atoms with Gasteiger partial charge in [0.1, 0.15) is 5.75 Å². The van der Waals surface area contributed by atoms with Gasteiger partial charge in [-0.25, -0.2) is 0 Å². The summed E-state index contributed by atoms with van der Waals surface area (Å²) in [5.74, 6) is 1.61. The molecule has 0 radical (unpaired) electrons. The second kappa shape index (κ2) is 5.54. The maximum atomic E-state index is 6.29. The van der Waals surface area contributed by atoms with Crippen molar-refractivity contribution in [3.63, 3.8) is 0 Å². The zero-order chi connectivity index (χ0) is 13.2. The Morgan fingerprint density at radius 2 is 1.76 bits per heavy atom. The van der Waals surface area contributed by atoms with E-state index < -0.39 is 0 Å². The summed E-state index contributed by atoms with van der Waals surface area (Å²) in [7, 11) is 1.72. The van der Waals surface area contributed by atoms with Gasteiger partial charge in [-0.15, -0.1) is 0 Å². The van der Waals surface area contributed by atoms with Gasteiger partial charge < -0.3 is 10.5 Å². The smallest absolute Gasteiger partial charge is 0.124 e. The molecule has 0 saturated heterocycles. The minimum atomic E-state index is 0.123. The quantitative estimate of drug-likeness (QED) is 0.864. The number of ether oxygens (including phenoxy) is 1. The SMILES string of the molecule is COc1c(C)cc(C(N)CC(C)C)c(C)c1C. The van der Waals surface area contributed by atoms with Crippen LogP contribution >= 0.6 is 0 Å². The second-order valence-electron chi connectivity index (χ2n) is 5.30. The van der Waals surface area contributed by atoms with E-state index in [-0.39, 0.29) is 6.04 Å². The van der Waals surface area contributed by atoms with Gasteiger partial charge in [0.15, 0.2) is 0 Å². The first-order chi connectivity index (χ1) is 7.88. The average Bonchev–Trinajstić information content (AvgIpc) is 2.23. The summed E-state index contributed by atoms with van der Waals surface area (Å²) < 4.78 is 5.43. The molecule has 0 aliphatic carbocycles. The van der Waals surface area contributed by atoms with Gasteiger partial charge in [0.05, 0.1) is 7.11 Å². The van der Waals surface area contributed by atoms with E-state index in [0.717, 1.165) is 12.2 Å². The van der Waals surface area contributed by atoms with Crippen molar-refractivity contribution in [2.45, 2.75) is 47.1 Å². The van der Waals surface area contributed by atoms with Crippen molar-refractivity contribution >= 4 is 0 Å². The molecule has 0 aliphatic rings. The summed E-state index contributed by atoms with van der Waals surface area (Å²) in [6, 6.07) is 2.30. The van der Waals surface area contributed by atoms with Crippen LogP contribution in [0.2, 0.25) is 0 Å². The third kappa shape index (κ3) is 3.01. The molecule has 0 saturated carbocycles. The highest BCUT2D eigenvalue weighted by Crippen LogP contribution is 2.32.